The van der Waals surface area contributed by atoms with Gasteiger partial charge in [-0.3, -0.25) is 9.10 Å². The zero-order valence-electron chi connectivity index (χ0n) is 19.0. The maximum absolute atomic E-state index is 13.5. The molecule has 0 saturated heterocycles. The number of halogens is 1. The van der Waals surface area contributed by atoms with Gasteiger partial charge in [0.15, 0.2) is 0 Å². The highest BCUT2D eigenvalue weighted by molar-refractivity contribution is 7.92. The van der Waals surface area contributed by atoms with Gasteiger partial charge in [0.2, 0.25) is 15.9 Å². The molecule has 1 amide bonds. The van der Waals surface area contributed by atoms with Crippen molar-refractivity contribution in [2.24, 2.45) is 0 Å². The molecular formula is C24H31ClN2O4S. The molecule has 1 aliphatic heterocycles. The van der Waals surface area contributed by atoms with Crippen LogP contribution in [0.2, 0.25) is 5.02 Å². The van der Waals surface area contributed by atoms with Gasteiger partial charge in [0, 0.05) is 17.0 Å². The van der Waals surface area contributed by atoms with Crippen LogP contribution in [0.5, 0.6) is 5.75 Å². The van der Waals surface area contributed by atoms with Crippen molar-refractivity contribution in [2.45, 2.75) is 64.1 Å². The highest BCUT2D eigenvalue weighted by Gasteiger charge is 2.40. The number of nitrogens with zero attached hydrogens (tertiary/aromatic N) is 1. The van der Waals surface area contributed by atoms with Crippen molar-refractivity contribution >= 4 is 33.2 Å². The molecule has 1 N–H and O–H groups in total. The molecule has 0 saturated carbocycles. The maximum Gasteiger partial charge on any atom is 0.244 e. The van der Waals surface area contributed by atoms with Crippen molar-refractivity contribution in [3.05, 3.63) is 59.1 Å². The second-order valence-electron chi connectivity index (χ2n) is 8.26. The third-order valence-electron chi connectivity index (χ3n) is 6.19. The molecule has 0 unspecified atom stereocenters. The van der Waals surface area contributed by atoms with E-state index in [4.69, 9.17) is 16.3 Å². The molecule has 0 radical (unpaired) electrons. The van der Waals surface area contributed by atoms with Gasteiger partial charge in [-0.2, -0.15) is 0 Å². The van der Waals surface area contributed by atoms with E-state index >= 15 is 0 Å². The molecule has 174 valence electrons. The van der Waals surface area contributed by atoms with E-state index in [1.54, 1.807) is 31.2 Å². The predicted molar refractivity (Wildman–Crippen MR) is 129 cm³/mol. The number of para-hydroxylation sites is 1. The lowest BCUT2D eigenvalue weighted by molar-refractivity contribution is -0.123. The van der Waals surface area contributed by atoms with E-state index in [0.29, 0.717) is 23.6 Å². The third kappa shape index (κ3) is 5.04. The lowest BCUT2D eigenvalue weighted by Gasteiger charge is -2.42. The van der Waals surface area contributed by atoms with Crippen molar-refractivity contribution in [2.75, 3.05) is 10.6 Å². The highest BCUT2D eigenvalue weighted by atomic mass is 35.5. The monoisotopic (exact) mass is 478 g/mol. The molecule has 3 rings (SSSR count). The van der Waals surface area contributed by atoms with Crippen molar-refractivity contribution in [1.82, 2.24) is 5.32 Å². The standard InChI is InChI=1S/C24H31ClN2O4S/c1-5-21(27(32(4,29)30)18-12-10-11-17(25)15-18)23(28)26-20-16-24(6-2,7-3)31-22-14-9-8-13-19(20)22/h8-15,20-21H,5-7,16H2,1-4H3,(H,26,28)/t20-,21+/m1/s1. The first kappa shape index (κ1) is 24.4. The number of fused-ring (bicyclic) bond motifs is 1. The topological polar surface area (TPSA) is 75.7 Å². The van der Waals surface area contributed by atoms with Crippen molar-refractivity contribution in [1.29, 1.82) is 0 Å². The van der Waals surface area contributed by atoms with Gasteiger partial charge in [-0.25, -0.2) is 8.42 Å². The summed E-state index contributed by atoms with van der Waals surface area (Å²) in [5.74, 6) is 0.413. The number of anilines is 1. The normalized spacial score (nSPS) is 18.2. The number of rotatable bonds is 8. The highest BCUT2D eigenvalue weighted by Crippen LogP contribution is 2.42. The number of ether oxygens (including phenoxy) is 1. The summed E-state index contributed by atoms with van der Waals surface area (Å²) in [6.07, 6.45) is 3.64. The number of hydrogen-bond acceptors (Lipinski definition) is 4. The van der Waals surface area contributed by atoms with E-state index < -0.39 is 16.1 Å². The van der Waals surface area contributed by atoms with E-state index in [0.717, 1.165) is 34.7 Å². The minimum Gasteiger partial charge on any atom is -0.487 e. The van der Waals surface area contributed by atoms with Crippen LogP contribution in [0.25, 0.3) is 0 Å². The molecule has 0 spiro atoms. The Hall–Kier alpha value is -2.25. The van der Waals surface area contributed by atoms with Crippen LogP contribution < -0.4 is 14.4 Å². The Morgan fingerprint density at radius 2 is 1.88 bits per heavy atom. The summed E-state index contributed by atoms with van der Waals surface area (Å²) < 4.78 is 32.9. The number of nitrogens with one attached hydrogen (secondary N) is 1. The van der Waals surface area contributed by atoms with Gasteiger partial charge in [0.25, 0.3) is 0 Å². The number of amides is 1. The summed E-state index contributed by atoms with van der Waals surface area (Å²) in [7, 11) is -3.74. The molecule has 8 heteroatoms. The van der Waals surface area contributed by atoms with E-state index in [1.165, 1.54) is 0 Å². The van der Waals surface area contributed by atoms with Crippen LogP contribution in [-0.2, 0) is 14.8 Å². The maximum atomic E-state index is 13.5. The lowest BCUT2D eigenvalue weighted by Crippen LogP contribution is -2.52. The average molecular weight is 479 g/mol. The smallest absolute Gasteiger partial charge is 0.244 e. The van der Waals surface area contributed by atoms with E-state index in [-0.39, 0.29) is 17.6 Å². The molecule has 2 aromatic carbocycles. The van der Waals surface area contributed by atoms with Crippen LogP contribution in [0.3, 0.4) is 0 Å². The van der Waals surface area contributed by atoms with E-state index in [1.807, 2.05) is 24.3 Å². The Balaban J connectivity index is 1.96. The van der Waals surface area contributed by atoms with Crippen LogP contribution in [0.1, 0.15) is 58.1 Å². The zero-order chi connectivity index (χ0) is 23.5. The molecule has 0 aromatic heterocycles. The van der Waals surface area contributed by atoms with Gasteiger partial charge in [0.1, 0.15) is 17.4 Å². The SMILES string of the molecule is CC[C@@H](C(=O)N[C@@H]1CC(CC)(CC)Oc2ccccc21)N(c1cccc(Cl)c1)S(C)(=O)=O. The van der Waals surface area contributed by atoms with Gasteiger partial charge in [-0.05, 0) is 43.5 Å². The van der Waals surface area contributed by atoms with Gasteiger partial charge >= 0.3 is 0 Å². The second-order valence-corrected chi connectivity index (χ2v) is 10.6. The van der Waals surface area contributed by atoms with Gasteiger partial charge in [-0.1, -0.05) is 56.6 Å². The molecular weight excluding hydrogens is 448 g/mol. The van der Waals surface area contributed by atoms with E-state index in [9.17, 15) is 13.2 Å². The van der Waals surface area contributed by atoms with E-state index in [2.05, 4.69) is 19.2 Å². The first-order valence-electron chi connectivity index (χ1n) is 11.0. The molecule has 2 aromatic rings. The number of hydrogen-bond donors (Lipinski definition) is 1. The Bertz CT molecular complexity index is 1070. The first-order valence-corrected chi connectivity index (χ1v) is 13.2. The molecule has 0 aliphatic carbocycles. The number of carbonyl (C=O) groups excluding carboxylic acids is 1. The average Bonchev–Trinajstić information content (AvgIpc) is 2.76. The molecule has 6 nitrogen and oxygen atoms in total. The largest absolute Gasteiger partial charge is 0.487 e. The molecule has 0 fully saturated rings. The zero-order valence-corrected chi connectivity index (χ0v) is 20.5. The first-order chi connectivity index (χ1) is 15.1. The summed E-state index contributed by atoms with van der Waals surface area (Å²) in [5.41, 5.74) is 0.894. The lowest BCUT2D eigenvalue weighted by atomic mass is 9.83. The molecule has 1 aliphatic rings. The van der Waals surface area contributed by atoms with Gasteiger partial charge in [0.05, 0.1) is 18.0 Å². The van der Waals surface area contributed by atoms with Crippen molar-refractivity contribution in [3.63, 3.8) is 0 Å². The molecule has 32 heavy (non-hydrogen) atoms. The van der Waals surface area contributed by atoms with Gasteiger partial charge < -0.3 is 10.1 Å². The Morgan fingerprint density at radius 1 is 1.19 bits per heavy atom. The van der Waals surface area contributed by atoms with Crippen molar-refractivity contribution < 1.29 is 17.9 Å². The number of sulfonamides is 1. The fourth-order valence-corrected chi connectivity index (χ4v) is 5.76. The van der Waals surface area contributed by atoms with Crippen molar-refractivity contribution in [3.8, 4) is 5.75 Å². The fraction of sp³-hybridized carbons (Fsp3) is 0.458. The van der Waals surface area contributed by atoms with Crippen LogP contribution in [0, 0.1) is 0 Å². The summed E-state index contributed by atoms with van der Waals surface area (Å²) in [6.45, 7) is 5.96. The molecule has 0 bridgehead atoms. The van der Waals surface area contributed by atoms with Crippen LogP contribution in [-0.4, -0.2) is 32.2 Å². The molecule has 1 heterocycles. The molecule has 2 atom stereocenters. The van der Waals surface area contributed by atoms with Gasteiger partial charge in [-0.15, -0.1) is 0 Å². The summed E-state index contributed by atoms with van der Waals surface area (Å²) >= 11 is 6.11. The summed E-state index contributed by atoms with van der Waals surface area (Å²) in [5, 5.41) is 3.53. The number of carbonyl (C=O) groups is 1. The minimum atomic E-state index is -3.74. The Morgan fingerprint density at radius 3 is 2.47 bits per heavy atom. The summed E-state index contributed by atoms with van der Waals surface area (Å²) in [6, 6.07) is 13.1. The minimum absolute atomic E-state index is 0.276. The Kier molecular flexibility index (Phi) is 7.40. The second kappa shape index (κ2) is 9.71. The predicted octanol–water partition coefficient (Wildman–Crippen LogP) is 5.08. The third-order valence-corrected chi connectivity index (χ3v) is 7.61. The Labute approximate surface area is 196 Å². The van der Waals surface area contributed by atoms with Crippen LogP contribution in [0.4, 0.5) is 5.69 Å². The van der Waals surface area contributed by atoms with Crippen LogP contribution in [0.15, 0.2) is 48.5 Å². The summed E-state index contributed by atoms with van der Waals surface area (Å²) in [4.78, 5) is 13.5. The fourth-order valence-electron chi connectivity index (χ4n) is 4.37. The number of benzene rings is 2. The van der Waals surface area contributed by atoms with Crippen LogP contribution >= 0.6 is 11.6 Å². The quantitative estimate of drug-likeness (QED) is 0.573.